The lowest BCUT2D eigenvalue weighted by Crippen LogP contribution is -2.59. The quantitative estimate of drug-likeness (QED) is 0.0606. The van der Waals surface area contributed by atoms with Gasteiger partial charge in [0.05, 0.1) is 39.6 Å². The number of benzene rings is 4. The summed E-state index contributed by atoms with van der Waals surface area (Å²) in [7, 11) is 2.55. The number of hydrogen-bond donors (Lipinski definition) is 4. The first-order chi connectivity index (χ1) is 38.1. The average Bonchev–Trinajstić information content (AvgIpc) is 3.98. The van der Waals surface area contributed by atoms with Crippen molar-refractivity contribution in [3.8, 4) is 22.3 Å². The largest absolute Gasteiger partial charge is 0.467 e. The minimum Gasteiger partial charge on any atom is -0.467 e. The first-order valence-corrected chi connectivity index (χ1v) is 27.7. The zero-order valence-corrected chi connectivity index (χ0v) is 47.1. The van der Waals surface area contributed by atoms with Gasteiger partial charge in [0.1, 0.15) is 24.4 Å². The molecule has 6 aliphatic rings. The van der Waals surface area contributed by atoms with Gasteiger partial charge in [-0.2, -0.15) is 0 Å². The van der Waals surface area contributed by atoms with E-state index >= 15 is 0 Å². The van der Waals surface area contributed by atoms with E-state index in [0.717, 1.165) is 95.9 Å². The zero-order valence-electron chi connectivity index (χ0n) is 47.1. The van der Waals surface area contributed by atoms with Crippen LogP contribution >= 0.6 is 0 Å². The van der Waals surface area contributed by atoms with Gasteiger partial charge in [-0.3, -0.25) is 0 Å². The highest BCUT2D eigenvalue weighted by Crippen LogP contribution is 2.58. The van der Waals surface area contributed by atoms with Crippen LogP contribution in [0.15, 0.2) is 97.1 Å². The smallest absolute Gasteiger partial charge is 0.407 e. The molecular formula is C62H76N4O14. The van der Waals surface area contributed by atoms with E-state index in [1.165, 1.54) is 14.2 Å². The molecule has 0 radical (unpaired) electrons. The summed E-state index contributed by atoms with van der Waals surface area (Å²) in [5, 5.41) is 11.1. The summed E-state index contributed by atoms with van der Waals surface area (Å²) < 4.78 is 43.5. The van der Waals surface area contributed by atoms with Crippen molar-refractivity contribution in [3.63, 3.8) is 0 Å². The summed E-state index contributed by atoms with van der Waals surface area (Å²) in [5.74, 6) is -1.33. The fourth-order valence-corrected chi connectivity index (χ4v) is 12.5. The predicted octanol–water partition coefficient (Wildman–Crippen LogP) is 9.84. The van der Waals surface area contributed by atoms with Crippen LogP contribution in [0, 0.1) is 10.8 Å². The second-order valence-corrected chi connectivity index (χ2v) is 24.3. The van der Waals surface area contributed by atoms with Crippen LogP contribution in [0.2, 0.25) is 0 Å². The van der Waals surface area contributed by atoms with E-state index in [4.69, 9.17) is 37.9 Å². The van der Waals surface area contributed by atoms with Crippen LogP contribution in [0.5, 0.6) is 0 Å². The molecule has 4 fully saturated rings. The topological polar surface area (TPSA) is 224 Å². The number of carbonyl (C=O) groups excluding carboxylic acids is 6. The summed E-state index contributed by atoms with van der Waals surface area (Å²) in [6, 6.07) is 30.7. The van der Waals surface area contributed by atoms with Gasteiger partial charge in [0, 0.05) is 23.9 Å². The van der Waals surface area contributed by atoms with Gasteiger partial charge >= 0.3 is 36.3 Å². The molecule has 18 nitrogen and oxygen atoms in total. The van der Waals surface area contributed by atoms with E-state index in [1.54, 1.807) is 0 Å². The molecule has 4 N–H and O–H groups in total. The molecule has 2 spiro atoms. The summed E-state index contributed by atoms with van der Waals surface area (Å²) in [6.07, 6.45) is 4.71. The number of rotatable bonds is 16. The van der Waals surface area contributed by atoms with Gasteiger partial charge in [-0.15, -0.1) is 0 Å². The predicted molar refractivity (Wildman–Crippen MR) is 296 cm³/mol. The SMILES string of the molecule is COC(=O)[C@H](COC1CC2(CC(NC(=O)OC(C)(C)C)C2)C1)NC(=O)OCC1c2ccccc2-c2ccccc21.COC(=O)[C@H](COC1CC2(CC(NC(=O)OC(C)(C)C)C2)C1)NC(=O)OCC1c2ccccc2-c2ccccc21. The lowest BCUT2D eigenvalue weighted by atomic mass is 9.53. The number of amides is 4. The summed E-state index contributed by atoms with van der Waals surface area (Å²) in [4.78, 5) is 74.1. The Labute approximate surface area is 468 Å². The van der Waals surface area contributed by atoms with Crippen molar-refractivity contribution in [2.45, 2.75) is 152 Å². The van der Waals surface area contributed by atoms with E-state index in [0.29, 0.717) is 0 Å². The second-order valence-electron chi connectivity index (χ2n) is 24.3. The van der Waals surface area contributed by atoms with Crippen LogP contribution < -0.4 is 21.3 Å². The number of hydrogen-bond acceptors (Lipinski definition) is 14. The molecule has 4 saturated carbocycles. The van der Waals surface area contributed by atoms with Crippen LogP contribution in [-0.4, -0.2) is 125 Å². The third kappa shape index (κ3) is 13.7. The lowest BCUT2D eigenvalue weighted by Gasteiger charge is -2.57. The molecule has 18 heteroatoms. The standard InChI is InChI=1S/2C31H38N2O7/c2*1-30(2,3)40-29(36)32-19-13-31(14-19)15-20(16-31)38-18-26(27(34)37-4)33-28(35)39-17-25-23-11-7-5-9-21(23)22-10-6-8-12-24(22)25/h2*5-12,19-20,25-26H,13-18H2,1-4H3,(H,32,36)(H,33,35)/t2*19?,20?,26-,31?/m00/s1. The maximum atomic E-state index is 12.7. The fraction of sp³-hybridized carbons (Fsp3) is 0.516. The monoisotopic (exact) mass is 1100 g/mol. The van der Waals surface area contributed by atoms with E-state index < -0.39 is 47.4 Å². The first-order valence-electron chi connectivity index (χ1n) is 27.7. The molecule has 428 valence electrons. The molecule has 0 aliphatic heterocycles. The minimum absolute atomic E-state index is 0.00278. The van der Waals surface area contributed by atoms with Crippen molar-refractivity contribution in [3.05, 3.63) is 119 Å². The number of fused-ring (bicyclic) bond motifs is 6. The van der Waals surface area contributed by atoms with E-state index in [9.17, 15) is 28.8 Å². The van der Waals surface area contributed by atoms with E-state index in [1.807, 2.05) is 90.1 Å². The third-order valence-corrected chi connectivity index (χ3v) is 16.0. The molecule has 4 aromatic rings. The number of carbonyl (C=O) groups is 6. The van der Waals surface area contributed by atoms with Crippen LogP contribution in [0.4, 0.5) is 19.2 Å². The van der Waals surface area contributed by atoms with Gasteiger partial charge in [-0.25, -0.2) is 28.8 Å². The Kier molecular flexibility index (Phi) is 17.2. The van der Waals surface area contributed by atoms with Crippen LogP contribution in [0.25, 0.3) is 22.3 Å². The van der Waals surface area contributed by atoms with Gasteiger partial charge in [0.2, 0.25) is 0 Å². The van der Waals surface area contributed by atoms with Crippen molar-refractivity contribution in [1.82, 2.24) is 21.3 Å². The molecule has 80 heavy (non-hydrogen) atoms. The molecule has 0 unspecified atom stereocenters. The normalized spacial score (nSPS) is 23.6. The Morgan fingerprint density at radius 3 is 1.05 bits per heavy atom. The lowest BCUT2D eigenvalue weighted by molar-refractivity contribution is -0.153. The first kappa shape index (κ1) is 57.5. The number of alkyl carbamates (subject to hydrolysis) is 4. The highest BCUT2D eigenvalue weighted by Gasteiger charge is 2.55. The second kappa shape index (κ2) is 23.9. The summed E-state index contributed by atoms with van der Waals surface area (Å²) in [6.45, 7) is 11.3. The maximum absolute atomic E-state index is 12.7. The highest BCUT2D eigenvalue weighted by atomic mass is 16.6. The van der Waals surface area contributed by atoms with E-state index in [-0.39, 0.29) is 85.6 Å². The van der Waals surface area contributed by atoms with Crippen LogP contribution in [0.1, 0.15) is 127 Å². The molecule has 0 bridgehead atoms. The van der Waals surface area contributed by atoms with Crippen molar-refractivity contribution >= 4 is 36.3 Å². The summed E-state index contributed by atoms with van der Waals surface area (Å²) in [5.41, 5.74) is 8.30. The molecule has 4 aromatic carbocycles. The highest BCUT2D eigenvalue weighted by molar-refractivity contribution is 5.83. The molecule has 0 heterocycles. The Morgan fingerprint density at radius 2 is 0.762 bits per heavy atom. The molecule has 4 amide bonds. The van der Waals surface area contributed by atoms with Gasteiger partial charge in [0.25, 0.3) is 0 Å². The molecular weight excluding hydrogens is 1020 g/mol. The molecule has 0 saturated heterocycles. The number of ether oxygens (including phenoxy) is 8. The molecule has 10 rings (SSSR count). The average molecular weight is 1100 g/mol. The Hall–Kier alpha value is -7.18. The van der Waals surface area contributed by atoms with Crippen LogP contribution in [-0.2, 0) is 47.5 Å². The van der Waals surface area contributed by atoms with Gasteiger partial charge in [0.15, 0.2) is 12.1 Å². The van der Waals surface area contributed by atoms with Gasteiger partial charge in [-0.1, -0.05) is 97.1 Å². The van der Waals surface area contributed by atoms with Crippen molar-refractivity contribution in [2.75, 3.05) is 40.6 Å². The Balaban J connectivity index is 0.000000194. The van der Waals surface area contributed by atoms with E-state index in [2.05, 4.69) is 69.8 Å². The maximum Gasteiger partial charge on any atom is 0.407 e. The summed E-state index contributed by atoms with van der Waals surface area (Å²) >= 11 is 0. The fourth-order valence-electron chi connectivity index (χ4n) is 12.5. The van der Waals surface area contributed by atoms with Crippen molar-refractivity contribution < 1.29 is 66.7 Å². The van der Waals surface area contributed by atoms with Crippen molar-refractivity contribution in [2.24, 2.45) is 10.8 Å². The Morgan fingerprint density at radius 1 is 0.463 bits per heavy atom. The Bertz CT molecular complexity index is 2620. The van der Waals surface area contributed by atoms with Gasteiger partial charge < -0.3 is 59.2 Å². The zero-order chi connectivity index (χ0) is 57.0. The number of methoxy groups -OCH3 is 2. The molecule has 2 atom stereocenters. The number of esters is 2. The molecule has 6 aliphatic carbocycles. The van der Waals surface area contributed by atoms with Crippen LogP contribution in [0.3, 0.4) is 0 Å². The third-order valence-electron chi connectivity index (χ3n) is 16.0. The minimum atomic E-state index is -0.972. The van der Waals surface area contributed by atoms with Gasteiger partial charge in [-0.05, 0) is 148 Å². The molecule has 0 aromatic heterocycles. The number of nitrogens with one attached hydrogen (secondary N) is 4. The van der Waals surface area contributed by atoms with Crippen molar-refractivity contribution in [1.29, 1.82) is 0 Å².